The van der Waals surface area contributed by atoms with Gasteiger partial charge in [0.15, 0.2) is 0 Å². The maximum atomic E-state index is 10.8. The van der Waals surface area contributed by atoms with Crippen LogP contribution < -0.4 is 11.5 Å². The van der Waals surface area contributed by atoms with E-state index in [-0.39, 0.29) is 6.54 Å². The Hall–Kier alpha value is -1.10. The summed E-state index contributed by atoms with van der Waals surface area (Å²) >= 11 is 0. The first-order valence-electron chi connectivity index (χ1n) is 4.30. The second-order valence-corrected chi connectivity index (χ2v) is 3.02. The third-order valence-corrected chi connectivity index (χ3v) is 1.83. The average Bonchev–Trinajstić information content (AvgIpc) is 2.01. The Morgan fingerprint density at radius 1 is 1.38 bits per heavy atom. The molecule has 0 heterocycles. The van der Waals surface area contributed by atoms with E-state index in [9.17, 15) is 9.59 Å². The zero-order valence-electron chi connectivity index (χ0n) is 8.12. The van der Waals surface area contributed by atoms with Crippen molar-refractivity contribution < 1.29 is 9.59 Å². The lowest BCUT2D eigenvalue weighted by Gasteiger charge is -2.24. The van der Waals surface area contributed by atoms with Crippen molar-refractivity contribution in [2.75, 3.05) is 13.1 Å². The smallest absolute Gasteiger partial charge is 0.234 e. The van der Waals surface area contributed by atoms with Gasteiger partial charge in [0.1, 0.15) is 0 Å². The van der Waals surface area contributed by atoms with Crippen molar-refractivity contribution in [3.63, 3.8) is 0 Å². The molecule has 5 heteroatoms. The predicted octanol–water partition coefficient (Wildman–Crippen LogP) is -0.942. The standard InChI is InChI=1S/C8H17N3O2/c1-3-4-11(5-7(9)12)6(2)8(10)13/h6H,3-5H2,1-2H3,(H2,9,12)(H2,10,13). The summed E-state index contributed by atoms with van der Waals surface area (Å²) in [5.41, 5.74) is 10.1. The summed E-state index contributed by atoms with van der Waals surface area (Å²) in [6, 6.07) is -0.438. The van der Waals surface area contributed by atoms with Crippen molar-refractivity contribution in [1.29, 1.82) is 0 Å². The van der Waals surface area contributed by atoms with Crippen LogP contribution in [0.15, 0.2) is 0 Å². The number of amides is 2. The Bertz CT molecular complexity index is 194. The summed E-state index contributed by atoms with van der Waals surface area (Å²) in [4.78, 5) is 23.1. The lowest BCUT2D eigenvalue weighted by atomic mass is 10.2. The molecule has 0 bridgehead atoms. The van der Waals surface area contributed by atoms with E-state index in [0.29, 0.717) is 6.54 Å². The van der Waals surface area contributed by atoms with Crippen LogP contribution in [0, 0.1) is 0 Å². The molecule has 0 radical (unpaired) electrons. The minimum Gasteiger partial charge on any atom is -0.369 e. The fraction of sp³-hybridized carbons (Fsp3) is 0.750. The summed E-state index contributed by atoms with van der Waals surface area (Å²) in [5, 5.41) is 0. The zero-order chi connectivity index (χ0) is 10.4. The van der Waals surface area contributed by atoms with Gasteiger partial charge in [0.2, 0.25) is 11.8 Å². The fourth-order valence-corrected chi connectivity index (χ4v) is 1.08. The Labute approximate surface area is 78.1 Å². The number of rotatable bonds is 6. The molecule has 4 N–H and O–H groups in total. The van der Waals surface area contributed by atoms with E-state index in [1.54, 1.807) is 11.8 Å². The summed E-state index contributed by atoms with van der Waals surface area (Å²) < 4.78 is 0. The number of nitrogens with two attached hydrogens (primary N) is 2. The number of primary amides is 2. The van der Waals surface area contributed by atoms with Crippen LogP contribution in [0.4, 0.5) is 0 Å². The van der Waals surface area contributed by atoms with Gasteiger partial charge < -0.3 is 11.5 Å². The molecule has 5 nitrogen and oxygen atoms in total. The minimum absolute atomic E-state index is 0.0813. The highest BCUT2D eigenvalue weighted by Crippen LogP contribution is 1.98. The van der Waals surface area contributed by atoms with Crippen LogP contribution in [0.2, 0.25) is 0 Å². The number of carbonyl (C=O) groups excluding carboxylic acids is 2. The van der Waals surface area contributed by atoms with Crippen molar-refractivity contribution in [3.05, 3.63) is 0 Å². The van der Waals surface area contributed by atoms with Crippen molar-refractivity contribution in [1.82, 2.24) is 4.90 Å². The van der Waals surface area contributed by atoms with Crippen LogP contribution in [-0.2, 0) is 9.59 Å². The Balaban J connectivity index is 4.22. The summed E-state index contributed by atoms with van der Waals surface area (Å²) in [5.74, 6) is -0.878. The van der Waals surface area contributed by atoms with Crippen LogP contribution >= 0.6 is 0 Å². The first-order chi connectivity index (χ1) is 5.99. The van der Waals surface area contributed by atoms with Crippen molar-refractivity contribution >= 4 is 11.8 Å². The Morgan fingerprint density at radius 3 is 2.23 bits per heavy atom. The average molecular weight is 187 g/mol. The second-order valence-electron chi connectivity index (χ2n) is 3.02. The molecule has 76 valence electrons. The lowest BCUT2D eigenvalue weighted by Crippen LogP contribution is -2.46. The van der Waals surface area contributed by atoms with E-state index in [2.05, 4.69) is 0 Å². The molecule has 0 saturated heterocycles. The van der Waals surface area contributed by atoms with Gasteiger partial charge in [-0.2, -0.15) is 0 Å². The fourth-order valence-electron chi connectivity index (χ4n) is 1.08. The first-order valence-corrected chi connectivity index (χ1v) is 4.30. The molecular formula is C8H17N3O2. The van der Waals surface area contributed by atoms with Crippen LogP contribution in [0.3, 0.4) is 0 Å². The molecule has 13 heavy (non-hydrogen) atoms. The molecule has 0 aromatic carbocycles. The largest absolute Gasteiger partial charge is 0.369 e. The van der Waals surface area contributed by atoms with Gasteiger partial charge in [-0.15, -0.1) is 0 Å². The monoisotopic (exact) mass is 187 g/mol. The minimum atomic E-state index is -0.443. The van der Waals surface area contributed by atoms with Crippen LogP contribution in [0.1, 0.15) is 20.3 Å². The highest BCUT2D eigenvalue weighted by atomic mass is 16.2. The third kappa shape index (κ3) is 4.47. The zero-order valence-corrected chi connectivity index (χ0v) is 8.12. The highest BCUT2D eigenvalue weighted by Gasteiger charge is 2.19. The lowest BCUT2D eigenvalue weighted by molar-refractivity contribution is -0.125. The van der Waals surface area contributed by atoms with E-state index < -0.39 is 17.9 Å². The molecule has 0 aliphatic rings. The van der Waals surface area contributed by atoms with Crippen molar-refractivity contribution in [2.24, 2.45) is 11.5 Å². The Morgan fingerprint density at radius 2 is 1.92 bits per heavy atom. The van der Waals surface area contributed by atoms with E-state index in [1.807, 2.05) is 6.92 Å². The number of hydrogen-bond donors (Lipinski definition) is 2. The summed E-state index contributed by atoms with van der Waals surface area (Å²) in [6.45, 7) is 4.35. The number of nitrogens with zero attached hydrogens (tertiary/aromatic N) is 1. The second kappa shape index (κ2) is 5.53. The molecule has 0 aromatic rings. The topological polar surface area (TPSA) is 89.4 Å². The van der Waals surface area contributed by atoms with Gasteiger partial charge in [-0.25, -0.2) is 0 Å². The third-order valence-electron chi connectivity index (χ3n) is 1.83. The SMILES string of the molecule is CCCN(CC(N)=O)C(C)C(N)=O. The molecule has 2 amide bonds. The van der Waals surface area contributed by atoms with Gasteiger partial charge >= 0.3 is 0 Å². The van der Waals surface area contributed by atoms with E-state index in [4.69, 9.17) is 11.5 Å². The van der Waals surface area contributed by atoms with Gasteiger partial charge in [-0.1, -0.05) is 6.92 Å². The van der Waals surface area contributed by atoms with Crippen LogP contribution in [0.5, 0.6) is 0 Å². The maximum absolute atomic E-state index is 10.8. The molecular weight excluding hydrogens is 170 g/mol. The molecule has 0 aromatic heterocycles. The molecule has 1 atom stereocenters. The molecule has 0 aliphatic heterocycles. The normalized spacial score (nSPS) is 12.8. The van der Waals surface area contributed by atoms with Gasteiger partial charge in [0.25, 0.3) is 0 Å². The molecule has 0 saturated carbocycles. The van der Waals surface area contributed by atoms with Crippen molar-refractivity contribution in [2.45, 2.75) is 26.3 Å². The van der Waals surface area contributed by atoms with E-state index in [0.717, 1.165) is 6.42 Å². The molecule has 0 aliphatic carbocycles. The molecule has 0 rings (SSSR count). The van der Waals surface area contributed by atoms with Gasteiger partial charge in [-0.05, 0) is 19.9 Å². The van der Waals surface area contributed by atoms with Gasteiger partial charge in [0, 0.05) is 0 Å². The molecule has 0 fully saturated rings. The van der Waals surface area contributed by atoms with E-state index in [1.165, 1.54) is 0 Å². The van der Waals surface area contributed by atoms with Crippen LogP contribution in [0.25, 0.3) is 0 Å². The first kappa shape index (κ1) is 11.9. The van der Waals surface area contributed by atoms with Gasteiger partial charge in [-0.3, -0.25) is 14.5 Å². The van der Waals surface area contributed by atoms with Crippen molar-refractivity contribution in [3.8, 4) is 0 Å². The summed E-state index contributed by atoms with van der Waals surface area (Å²) in [7, 11) is 0. The van der Waals surface area contributed by atoms with Crippen LogP contribution in [-0.4, -0.2) is 35.8 Å². The Kier molecular flexibility index (Phi) is 5.06. The quantitative estimate of drug-likeness (QED) is 0.562. The maximum Gasteiger partial charge on any atom is 0.234 e. The highest BCUT2D eigenvalue weighted by molar-refractivity contribution is 5.81. The van der Waals surface area contributed by atoms with Gasteiger partial charge in [0.05, 0.1) is 12.6 Å². The van der Waals surface area contributed by atoms with E-state index >= 15 is 0 Å². The number of carbonyl (C=O) groups is 2. The molecule has 1 unspecified atom stereocenters. The summed E-state index contributed by atoms with van der Waals surface area (Å²) in [6.07, 6.45) is 0.852. The predicted molar refractivity (Wildman–Crippen MR) is 49.7 cm³/mol. The molecule has 0 spiro atoms. The number of hydrogen-bond acceptors (Lipinski definition) is 3.